The summed E-state index contributed by atoms with van der Waals surface area (Å²) in [6.45, 7) is 1.03. The van der Waals surface area contributed by atoms with Crippen LogP contribution in [-0.2, 0) is 42.6 Å². The van der Waals surface area contributed by atoms with Crippen molar-refractivity contribution in [2.45, 2.75) is 69.0 Å². The molecule has 2 aliphatic rings. The van der Waals surface area contributed by atoms with Gasteiger partial charge in [-0.2, -0.15) is 26.3 Å². The van der Waals surface area contributed by atoms with Crippen LogP contribution in [0.2, 0.25) is 0 Å². The van der Waals surface area contributed by atoms with E-state index in [1.165, 1.54) is 31.2 Å². The van der Waals surface area contributed by atoms with E-state index in [4.69, 9.17) is 23.7 Å². The number of hydrogen-bond acceptors (Lipinski definition) is 6. The summed E-state index contributed by atoms with van der Waals surface area (Å²) in [4.78, 5) is 0. The Morgan fingerprint density at radius 1 is 0.884 bits per heavy atom. The van der Waals surface area contributed by atoms with Gasteiger partial charge in [0, 0.05) is 5.56 Å². The maximum atomic E-state index is 13.5. The lowest BCUT2D eigenvalue weighted by Gasteiger charge is -2.48. The summed E-state index contributed by atoms with van der Waals surface area (Å²) in [6, 6.07) is 15.3. The van der Waals surface area contributed by atoms with Crippen LogP contribution >= 0.6 is 0 Å². The molecule has 3 aromatic carbocycles. The molecule has 7 atom stereocenters. The minimum atomic E-state index is -5.05. The Labute approximate surface area is 241 Å². The fourth-order valence-electron chi connectivity index (χ4n) is 4.90. The molecule has 232 valence electrons. The molecule has 2 heterocycles. The van der Waals surface area contributed by atoms with E-state index in [1.54, 1.807) is 30.3 Å². The Hall–Kier alpha value is -3.07. The Morgan fingerprint density at radius 2 is 1.51 bits per heavy atom. The zero-order valence-electron chi connectivity index (χ0n) is 22.5. The molecule has 0 aromatic heterocycles. The Kier molecular flexibility index (Phi) is 9.12. The molecule has 2 saturated heterocycles. The molecule has 0 aliphatic carbocycles. The van der Waals surface area contributed by atoms with Gasteiger partial charge in [0.2, 0.25) is 0 Å². The summed E-state index contributed by atoms with van der Waals surface area (Å²) in [5.41, 5.74) is -2.22. The first kappa shape index (κ1) is 31.4. The lowest BCUT2D eigenvalue weighted by molar-refractivity contribution is -0.371. The predicted molar refractivity (Wildman–Crippen MR) is 136 cm³/mol. The van der Waals surface area contributed by atoms with Crippen molar-refractivity contribution < 1.29 is 59.5 Å². The van der Waals surface area contributed by atoms with Crippen LogP contribution in [0.1, 0.15) is 47.1 Å². The molecule has 0 saturated carbocycles. The van der Waals surface area contributed by atoms with Crippen LogP contribution in [0, 0.1) is 5.82 Å². The lowest BCUT2D eigenvalue weighted by Crippen LogP contribution is -2.62. The smallest absolute Gasteiger partial charge is 0.387 e. The van der Waals surface area contributed by atoms with Gasteiger partial charge < -0.3 is 28.8 Å². The fraction of sp³-hybridized carbons (Fsp3) is 0.400. The van der Waals surface area contributed by atoms with Crippen molar-refractivity contribution in [3.05, 3.63) is 106 Å². The summed E-state index contributed by atoms with van der Waals surface area (Å²) in [5.74, 6) is -0.482. The van der Waals surface area contributed by atoms with Crippen molar-refractivity contribution in [1.29, 1.82) is 0 Å². The zero-order chi connectivity index (χ0) is 30.9. The van der Waals surface area contributed by atoms with Crippen LogP contribution in [-0.4, -0.2) is 42.4 Å². The molecule has 5 rings (SSSR count). The van der Waals surface area contributed by atoms with Gasteiger partial charge in [-0.05, 0) is 48.4 Å². The second kappa shape index (κ2) is 12.5. The SMILES string of the molecule is C[C@@H](O[C@H]1O[C@@H]2CO[C@@H](c3ccccc3)O[C@@H]2[C@H](O)[C@H]1OCc1ccc(F)cc1)c1cc(C(F)(F)F)cc(C(F)(F)F)c1. The topological polar surface area (TPSA) is 66.4 Å². The molecule has 3 aromatic rings. The highest BCUT2D eigenvalue weighted by atomic mass is 19.4. The average molecular weight is 617 g/mol. The van der Waals surface area contributed by atoms with E-state index < -0.39 is 78.0 Å². The van der Waals surface area contributed by atoms with Gasteiger partial charge >= 0.3 is 12.4 Å². The van der Waals surface area contributed by atoms with E-state index in [0.29, 0.717) is 23.3 Å². The standard InChI is InChI=1S/C30H27F7O6/c1-16(19-11-20(29(32,33)34)13-21(12-19)30(35,36)37)41-28-26(39-14-17-7-9-22(31)10-8-17)24(38)25-23(42-28)15-40-27(43-25)18-5-3-2-4-6-18/h2-13,16,23-28,38H,14-15H2,1H3/t16-,23-,24+,25+,26-,27-,28+/m1/s1. The number of aliphatic hydroxyl groups is 1. The molecule has 13 heteroatoms. The number of rotatable bonds is 7. The highest BCUT2D eigenvalue weighted by Gasteiger charge is 2.51. The number of hydrogen-bond donors (Lipinski definition) is 1. The normalized spacial score (nSPS) is 27.0. The number of ether oxygens (including phenoxy) is 5. The molecule has 0 spiro atoms. The molecule has 0 bridgehead atoms. The van der Waals surface area contributed by atoms with Gasteiger partial charge in [-0.1, -0.05) is 42.5 Å². The number of benzene rings is 3. The van der Waals surface area contributed by atoms with Crippen molar-refractivity contribution in [3.8, 4) is 0 Å². The molecule has 0 amide bonds. The largest absolute Gasteiger partial charge is 0.416 e. The lowest BCUT2D eigenvalue weighted by atomic mass is 9.97. The van der Waals surface area contributed by atoms with Crippen LogP contribution in [0.4, 0.5) is 30.7 Å². The van der Waals surface area contributed by atoms with Crippen molar-refractivity contribution in [3.63, 3.8) is 0 Å². The second-order valence-corrected chi connectivity index (χ2v) is 10.2. The van der Waals surface area contributed by atoms with Gasteiger partial charge in [-0.3, -0.25) is 0 Å². The van der Waals surface area contributed by atoms with Crippen LogP contribution in [0.3, 0.4) is 0 Å². The first-order chi connectivity index (χ1) is 20.3. The number of halogens is 7. The monoisotopic (exact) mass is 616 g/mol. The maximum Gasteiger partial charge on any atom is 0.416 e. The van der Waals surface area contributed by atoms with Crippen LogP contribution < -0.4 is 0 Å². The molecular weight excluding hydrogens is 589 g/mol. The predicted octanol–water partition coefficient (Wildman–Crippen LogP) is 6.73. The molecule has 2 aliphatic heterocycles. The quantitative estimate of drug-likeness (QED) is 0.297. The van der Waals surface area contributed by atoms with E-state index in [9.17, 15) is 35.8 Å². The number of fused-ring (bicyclic) bond motifs is 1. The van der Waals surface area contributed by atoms with E-state index >= 15 is 0 Å². The Morgan fingerprint density at radius 3 is 2.12 bits per heavy atom. The fourth-order valence-corrected chi connectivity index (χ4v) is 4.90. The van der Waals surface area contributed by atoms with Crippen LogP contribution in [0.25, 0.3) is 0 Å². The highest BCUT2D eigenvalue weighted by Crippen LogP contribution is 2.40. The molecule has 0 unspecified atom stereocenters. The van der Waals surface area contributed by atoms with E-state index in [0.717, 1.165) is 0 Å². The van der Waals surface area contributed by atoms with Gasteiger partial charge in [-0.25, -0.2) is 4.39 Å². The molecule has 1 N–H and O–H groups in total. The summed E-state index contributed by atoms with van der Waals surface area (Å²) >= 11 is 0. The van der Waals surface area contributed by atoms with Gasteiger partial charge in [0.25, 0.3) is 0 Å². The third kappa shape index (κ3) is 7.36. The highest BCUT2D eigenvalue weighted by molar-refractivity contribution is 5.34. The molecule has 43 heavy (non-hydrogen) atoms. The van der Waals surface area contributed by atoms with E-state index in [2.05, 4.69) is 0 Å². The summed E-state index contributed by atoms with van der Waals surface area (Å²) < 4.78 is 124. The van der Waals surface area contributed by atoms with Gasteiger partial charge in [0.1, 0.15) is 30.2 Å². The molecule has 2 fully saturated rings. The van der Waals surface area contributed by atoms with Crippen molar-refractivity contribution in [2.24, 2.45) is 0 Å². The number of alkyl halides is 6. The molecule has 6 nitrogen and oxygen atoms in total. The molecule has 0 radical (unpaired) electrons. The third-order valence-corrected chi connectivity index (χ3v) is 7.15. The summed E-state index contributed by atoms with van der Waals surface area (Å²) in [7, 11) is 0. The van der Waals surface area contributed by atoms with Gasteiger partial charge in [0.15, 0.2) is 12.6 Å². The third-order valence-electron chi connectivity index (χ3n) is 7.15. The Bertz CT molecular complexity index is 1330. The minimum absolute atomic E-state index is 0.0240. The van der Waals surface area contributed by atoms with E-state index in [1.807, 2.05) is 0 Å². The van der Waals surface area contributed by atoms with Crippen molar-refractivity contribution in [2.75, 3.05) is 6.61 Å². The minimum Gasteiger partial charge on any atom is -0.387 e. The van der Waals surface area contributed by atoms with Crippen molar-refractivity contribution >= 4 is 0 Å². The summed E-state index contributed by atoms with van der Waals surface area (Å²) in [5, 5.41) is 11.4. The van der Waals surface area contributed by atoms with Crippen molar-refractivity contribution in [1.82, 2.24) is 0 Å². The van der Waals surface area contributed by atoms with E-state index in [-0.39, 0.29) is 19.3 Å². The number of aliphatic hydroxyl groups excluding tert-OH is 1. The Balaban J connectivity index is 1.40. The maximum absolute atomic E-state index is 13.5. The van der Waals surface area contributed by atoms with Crippen LogP contribution in [0.15, 0.2) is 72.8 Å². The average Bonchev–Trinajstić information content (AvgIpc) is 2.97. The first-order valence-corrected chi connectivity index (χ1v) is 13.3. The van der Waals surface area contributed by atoms with Gasteiger partial charge in [-0.15, -0.1) is 0 Å². The first-order valence-electron chi connectivity index (χ1n) is 13.3. The van der Waals surface area contributed by atoms with Gasteiger partial charge in [0.05, 0.1) is 30.4 Å². The van der Waals surface area contributed by atoms with Crippen LogP contribution in [0.5, 0.6) is 0 Å². The summed E-state index contributed by atoms with van der Waals surface area (Å²) in [6.07, 6.45) is -18.4. The molecular formula is C30H27F7O6. The zero-order valence-corrected chi connectivity index (χ0v) is 22.5. The second-order valence-electron chi connectivity index (χ2n) is 10.2.